The molecule has 5 rings (SSSR count). The highest BCUT2D eigenvalue weighted by molar-refractivity contribution is 7.80. The van der Waals surface area contributed by atoms with Gasteiger partial charge in [-0.05, 0) is 48.0 Å². The van der Waals surface area contributed by atoms with Crippen LogP contribution >= 0.6 is 24.0 Å². The number of ether oxygens (including phenoxy) is 2. The molecule has 3 aromatic heterocycles. The molecule has 0 atom stereocenters. The van der Waals surface area contributed by atoms with Gasteiger partial charge in [0.1, 0.15) is 12.2 Å². The van der Waals surface area contributed by atoms with E-state index in [4.69, 9.17) is 9.47 Å². The maximum absolute atomic E-state index is 15.1. The molecule has 13 heteroatoms. The van der Waals surface area contributed by atoms with Crippen molar-refractivity contribution in [2.45, 2.75) is 24.8 Å². The van der Waals surface area contributed by atoms with Gasteiger partial charge in [-0.1, -0.05) is 12.1 Å². The van der Waals surface area contributed by atoms with Crippen LogP contribution in [0.15, 0.2) is 84.0 Å². The van der Waals surface area contributed by atoms with Crippen LogP contribution in [0.5, 0.6) is 11.5 Å². The Morgan fingerprint density at radius 2 is 1.74 bits per heavy atom. The van der Waals surface area contributed by atoms with Gasteiger partial charge in [0.25, 0.3) is 0 Å². The first-order valence-corrected chi connectivity index (χ1v) is 15.4. The molecule has 3 amide bonds. The molecule has 10 nitrogen and oxygen atoms in total. The van der Waals surface area contributed by atoms with Crippen molar-refractivity contribution in [2.75, 3.05) is 30.9 Å². The molecule has 0 aliphatic carbocycles. The number of anilines is 2. The number of nitrogens with zero attached hydrogens (tertiary/aromatic N) is 3. The summed E-state index contributed by atoms with van der Waals surface area (Å²) in [5.74, 6) is -1.49. The first-order chi connectivity index (χ1) is 22.2. The monoisotopic (exact) mass is 659 g/mol. The van der Waals surface area contributed by atoms with Gasteiger partial charge in [-0.3, -0.25) is 24.4 Å². The van der Waals surface area contributed by atoms with Gasteiger partial charge in [-0.25, -0.2) is 4.39 Å². The predicted octanol–water partition coefficient (Wildman–Crippen LogP) is 6.54. The number of carbonyl (C=O) groups is 3. The number of halogens is 1. The molecule has 0 radical (unpaired) electrons. The Hall–Kier alpha value is -4.85. The smallest absolute Gasteiger partial charge is 0.233 e. The molecule has 5 aromatic rings. The van der Waals surface area contributed by atoms with E-state index in [1.807, 2.05) is 18.2 Å². The third kappa shape index (κ3) is 8.44. The summed E-state index contributed by atoms with van der Waals surface area (Å²) in [4.78, 5) is 48.8. The molecule has 0 saturated heterocycles. The van der Waals surface area contributed by atoms with Gasteiger partial charge in [0.15, 0.2) is 11.6 Å². The number of pyridine rings is 2. The highest BCUT2D eigenvalue weighted by Crippen LogP contribution is 2.39. The number of benzene rings is 2. The highest BCUT2D eigenvalue weighted by atomic mass is 32.1. The number of aromatic nitrogens is 2. The molecule has 2 N–H and O–H groups in total. The second-order valence-corrected chi connectivity index (χ2v) is 11.8. The summed E-state index contributed by atoms with van der Waals surface area (Å²) in [5, 5.41) is 5.16. The Balaban J connectivity index is 1.23. The maximum atomic E-state index is 15.1. The molecule has 3 heterocycles. The summed E-state index contributed by atoms with van der Waals surface area (Å²) < 4.78 is 26.8. The van der Waals surface area contributed by atoms with E-state index >= 15 is 4.39 Å². The van der Waals surface area contributed by atoms with E-state index in [2.05, 4.69) is 33.2 Å². The minimum absolute atomic E-state index is 0.0448. The number of hydrogen-bond donors (Lipinski definition) is 3. The fourth-order valence-electron chi connectivity index (χ4n) is 4.47. The molecule has 46 heavy (non-hydrogen) atoms. The lowest BCUT2D eigenvalue weighted by Crippen LogP contribution is -2.31. The maximum Gasteiger partial charge on any atom is 0.233 e. The molecule has 236 valence electrons. The summed E-state index contributed by atoms with van der Waals surface area (Å²) in [6, 6.07) is 18.2. The number of thiol groups is 1. The zero-order valence-electron chi connectivity index (χ0n) is 25.0. The quantitative estimate of drug-likeness (QED) is 0.103. The van der Waals surface area contributed by atoms with E-state index < -0.39 is 24.1 Å². The molecule has 0 bridgehead atoms. The molecular weight excluding hydrogens is 630 g/mol. The third-order valence-corrected chi connectivity index (χ3v) is 8.16. The summed E-state index contributed by atoms with van der Waals surface area (Å²) >= 11 is 5.63. The minimum Gasteiger partial charge on any atom is -0.453 e. The van der Waals surface area contributed by atoms with Crippen LogP contribution in [-0.2, 0) is 25.7 Å². The van der Waals surface area contributed by atoms with Gasteiger partial charge in [0, 0.05) is 67.9 Å². The predicted molar refractivity (Wildman–Crippen MR) is 178 cm³/mol. The molecule has 0 unspecified atom stereocenters. The third-order valence-electron chi connectivity index (χ3n) is 6.72. The topological polar surface area (TPSA) is 123 Å². The van der Waals surface area contributed by atoms with E-state index in [0.29, 0.717) is 46.2 Å². The van der Waals surface area contributed by atoms with Crippen molar-refractivity contribution in [3.05, 3.63) is 90.5 Å². The Morgan fingerprint density at radius 3 is 2.41 bits per heavy atom. The van der Waals surface area contributed by atoms with Crippen molar-refractivity contribution in [3.8, 4) is 22.1 Å². The van der Waals surface area contributed by atoms with Crippen LogP contribution in [0.4, 0.5) is 15.8 Å². The number of amides is 3. The average molecular weight is 660 g/mol. The Morgan fingerprint density at radius 1 is 0.957 bits per heavy atom. The van der Waals surface area contributed by atoms with Crippen molar-refractivity contribution in [1.82, 2.24) is 14.9 Å². The van der Waals surface area contributed by atoms with E-state index in [0.717, 1.165) is 22.2 Å². The molecular formula is C33H30FN5O5S2. The Labute approximate surface area is 274 Å². The fourth-order valence-corrected chi connectivity index (χ4v) is 5.74. The lowest BCUT2D eigenvalue weighted by Gasteiger charge is -2.20. The van der Waals surface area contributed by atoms with Crippen molar-refractivity contribution >= 4 is 63.3 Å². The van der Waals surface area contributed by atoms with E-state index in [1.165, 1.54) is 30.4 Å². The van der Waals surface area contributed by atoms with Gasteiger partial charge in [-0.15, -0.1) is 24.0 Å². The molecule has 0 aliphatic rings. The van der Waals surface area contributed by atoms with Crippen molar-refractivity contribution in [1.29, 1.82) is 0 Å². The highest BCUT2D eigenvalue weighted by Gasteiger charge is 2.16. The molecule has 0 spiro atoms. The van der Waals surface area contributed by atoms with Crippen molar-refractivity contribution in [2.24, 2.45) is 0 Å². The van der Waals surface area contributed by atoms with Crippen LogP contribution in [0.3, 0.4) is 0 Å². The Kier molecular flexibility index (Phi) is 10.6. The van der Waals surface area contributed by atoms with Crippen LogP contribution in [0.1, 0.15) is 18.9 Å². The number of thiophene rings is 1. The van der Waals surface area contributed by atoms with E-state index in [-0.39, 0.29) is 17.3 Å². The van der Waals surface area contributed by atoms with Crippen LogP contribution in [0.2, 0.25) is 0 Å². The van der Waals surface area contributed by atoms with Gasteiger partial charge in [0.2, 0.25) is 17.7 Å². The zero-order valence-corrected chi connectivity index (χ0v) is 26.7. The number of fused-ring (bicyclic) bond motifs is 1. The number of hydrogen-bond acceptors (Lipinski definition) is 9. The average Bonchev–Trinajstić information content (AvgIpc) is 3.46. The second-order valence-electron chi connectivity index (χ2n) is 10.2. The number of methoxy groups -OCH3 is 1. The van der Waals surface area contributed by atoms with Crippen LogP contribution < -0.4 is 15.4 Å². The van der Waals surface area contributed by atoms with Gasteiger partial charge >= 0.3 is 0 Å². The standard InChI is InChI=1S/C33H30FN5O5S2/c1-20(40)39(12-13-43-2)19-21-6-8-26(36-18-21)30-16-27-33(46-30)29(10-11-35-27)44-28-9-7-23(15-25(28)34)38-32(42)17-31(41)37-22-4-3-5-24(45)14-22/h3-11,14-16,18,45H,12-13,17,19H2,1-2H3,(H,37,41)(H,38,42). The second kappa shape index (κ2) is 15.0. The number of nitrogens with one attached hydrogen (secondary N) is 2. The lowest BCUT2D eigenvalue weighted by atomic mass is 10.2. The SMILES string of the molecule is COCCN(Cc1ccc(-c2cc3nccc(Oc4ccc(NC(=O)CC(=O)Nc5cccc(S)c5)cc4F)c3s2)nc1)C(C)=O. The van der Waals surface area contributed by atoms with Crippen molar-refractivity contribution < 1.29 is 28.2 Å². The first-order valence-electron chi connectivity index (χ1n) is 14.1. The number of rotatable bonds is 12. The zero-order chi connectivity index (χ0) is 32.6. The summed E-state index contributed by atoms with van der Waals surface area (Å²) in [5.41, 5.74) is 2.96. The van der Waals surface area contributed by atoms with E-state index in [9.17, 15) is 14.4 Å². The van der Waals surface area contributed by atoms with Crippen molar-refractivity contribution in [3.63, 3.8) is 0 Å². The Bertz CT molecular complexity index is 1880. The fraction of sp³-hybridized carbons (Fsp3) is 0.182. The van der Waals surface area contributed by atoms with Gasteiger partial charge in [0.05, 0.1) is 27.4 Å². The molecule has 0 fully saturated rings. The van der Waals surface area contributed by atoms with Crippen LogP contribution in [-0.4, -0.2) is 52.9 Å². The molecule has 0 saturated carbocycles. The minimum atomic E-state index is -0.697. The summed E-state index contributed by atoms with van der Waals surface area (Å²) in [7, 11) is 1.59. The first kappa shape index (κ1) is 32.5. The molecule has 0 aliphatic heterocycles. The van der Waals surface area contributed by atoms with Gasteiger partial charge in [-0.2, -0.15) is 0 Å². The number of carbonyl (C=O) groups excluding carboxylic acids is 3. The molecule has 2 aromatic carbocycles. The lowest BCUT2D eigenvalue weighted by molar-refractivity contribution is -0.130. The van der Waals surface area contributed by atoms with Gasteiger partial charge < -0.3 is 25.0 Å². The van der Waals surface area contributed by atoms with E-state index in [1.54, 1.807) is 54.7 Å². The normalized spacial score (nSPS) is 10.9. The largest absolute Gasteiger partial charge is 0.453 e. The summed E-state index contributed by atoms with van der Waals surface area (Å²) in [6.07, 6.45) is 2.86. The summed E-state index contributed by atoms with van der Waals surface area (Å²) in [6.45, 7) is 2.88. The van der Waals surface area contributed by atoms with Crippen LogP contribution in [0.25, 0.3) is 20.8 Å². The van der Waals surface area contributed by atoms with Crippen LogP contribution in [0, 0.1) is 5.82 Å².